The van der Waals surface area contributed by atoms with Gasteiger partial charge in [-0.2, -0.15) is 0 Å². The van der Waals surface area contributed by atoms with Gasteiger partial charge in [-0.15, -0.1) is 0 Å². The lowest BCUT2D eigenvalue weighted by atomic mass is 9.85. The largest absolute Gasteiger partial charge is 0.464 e. The van der Waals surface area contributed by atoms with Gasteiger partial charge in [0.25, 0.3) is 0 Å². The van der Waals surface area contributed by atoms with Crippen molar-refractivity contribution in [2.45, 2.75) is 40.2 Å². The van der Waals surface area contributed by atoms with Gasteiger partial charge in [0.2, 0.25) is 0 Å². The molecule has 2 heterocycles. The minimum atomic E-state index is -0.810. The maximum Gasteiger partial charge on any atom is 0.314 e. The van der Waals surface area contributed by atoms with E-state index in [2.05, 4.69) is 20.3 Å². The maximum absolute atomic E-state index is 12.2. The Kier molecular flexibility index (Phi) is 4.88. The zero-order chi connectivity index (χ0) is 17.0. The molecule has 124 valence electrons. The van der Waals surface area contributed by atoms with Crippen molar-refractivity contribution in [2.24, 2.45) is 5.41 Å². The molecule has 0 aliphatic rings. The van der Waals surface area contributed by atoms with Crippen molar-refractivity contribution in [2.75, 3.05) is 5.32 Å². The second-order valence-electron chi connectivity index (χ2n) is 6.27. The van der Waals surface area contributed by atoms with Crippen molar-refractivity contribution in [3.63, 3.8) is 0 Å². The van der Waals surface area contributed by atoms with Gasteiger partial charge < -0.3 is 14.3 Å². The summed E-state index contributed by atoms with van der Waals surface area (Å²) in [6, 6.07) is 4.71. The monoisotopic (exact) mass is 319 g/mol. The van der Waals surface area contributed by atoms with E-state index in [1.165, 1.54) is 12.3 Å². The molecule has 2 amide bonds. The van der Waals surface area contributed by atoms with Crippen molar-refractivity contribution < 1.29 is 18.5 Å². The van der Waals surface area contributed by atoms with Crippen LogP contribution in [0.5, 0.6) is 0 Å². The Labute approximate surface area is 134 Å². The Hall–Kier alpha value is -2.57. The first-order chi connectivity index (χ1) is 10.8. The smallest absolute Gasteiger partial charge is 0.314 e. The lowest BCUT2D eigenvalue weighted by Gasteiger charge is -2.29. The van der Waals surface area contributed by atoms with Crippen LogP contribution >= 0.6 is 0 Å². The van der Waals surface area contributed by atoms with Gasteiger partial charge in [0, 0.05) is 12.5 Å². The van der Waals surface area contributed by atoms with Gasteiger partial charge in [0.05, 0.1) is 6.04 Å². The lowest BCUT2D eigenvalue weighted by Crippen LogP contribution is -2.42. The number of hydrogen-bond donors (Lipinski definition) is 2. The van der Waals surface area contributed by atoms with E-state index in [4.69, 9.17) is 4.42 Å². The standard InChI is InChI=1S/C16H21N3O4/c1-5-10-6-7-11(23-10)13(16(2,3)4)18-15(21)14(20)17-12-8-9-22-19-12/h6-9,13H,5H2,1-4H3,(H,18,21)(H,17,19,20)/t13-/m1/s1. The molecule has 2 N–H and O–H groups in total. The predicted octanol–water partition coefficient (Wildman–Crippen LogP) is 2.67. The molecule has 0 spiro atoms. The molecule has 7 nitrogen and oxygen atoms in total. The minimum Gasteiger partial charge on any atom is -0.464 e. The molecular weight excluding hydrogens is 298 g/mol. The third-order valence-corrected chi connectivity index (χ3v) is 3.34. The molecule has 7 heteroatoms. The summed E-state index contributed by atoms with van der Waals surface area (Å²) in [4.78, 5) is 24.1. The fraction of sp³-hybridized carbons (Fsp3) is 0.438. The highest BCUT2D eigenvalue weighted by Crippen LogP contribution is 2.33. The van der Waals surface area contributed by atoms with Crippen molar-refractivity contribution in [1.29, 1.82) is 0 Å². The average molecular weight is 319 g/mol. The van der Waals surface area contributed by atoms with E-state index in [0.29, 0.717) is 5.76 Å². The summed E-state index contributed by atoms with van der Waals surface area (Å²) in [5.74, 6) is 0.0639. The first kappa shape index (κ1) is 16.8. The van der Waals surface area contributed by atoms with Crippen molar-refractivity contribution in [3.05, 3.63) is 36.0 Å². The maximum atomic E-state index is 12.2. The zero-order valence-corrected chi connectivity index (χ0v) is 13.7. The average Bonchev–Trinajstić information content (AvgIpc) is 3.14. The number of aromatic nitrogens is 1. The summed E-state index contributed by atoms with van der Waals surface area (Å²) < 4.78 is 10.3. The van der Waals surface area contributed by atoms with Crippen LogP contribution in [-0.2, 0) is 16.0 Å². The van der Waals surface area contributed by atoms with E-state index in [9.17, 15) is 9.59 Å². The topological polar surface area (TPSA) is 97.4 Å². The number of aryl methyl sites for hydroxylation is 1. The molecule has 0 aliphatic heterocycles. The number of nitrogens with zero attached hydrogens (tertiary/aromatic N) is 1. The van der Waals surface area contributed by atoms with Crippen LogP contribution in [0, 0.1) is 5.41 Å². The van der Waals surface area contributed by atoms with E-state index in [1.54, 1.807) is 0 Å². The zero-order valence-electron chi connectivity index (χ0n) is 13.7. The Morgan fingerprint density at radius 3 is 2.48 bits per heavy atom. The molecule has 23 heavy (non-hydrogen) atoms. The molecule has 1 atom stereocenters. The third-order valence-electron chi connectivity index (χ3n) is 3.34. The molecule has 0 aliphatic carbocycles. The quantitative estimate of drug-likeness (QED) is 0.844. The normalized spacial score (nSPS) is 12.7. The van der Waals surface area contributed by atoms with E-state index < -0.39 is 17.9 Å². The molecule has 2 rings (SSSR count). The number of nitrogens with one attached hydrogen (secondary N) is 2. The number of hydrogen-bond acceptors (Lipinski definition) is 5. The molecule has 0 saturated heterocycles. The summed E-state index contributed by atoms with van der Waals surface area (Å²) in [6.07, 6.45) is 2.07. The van der Waals surface area contributed by atoms with Crippen LogP contribution < -0.4 is 10.6 Å². The number of anilines is 1. The summed E-state index contributed by atoms with van der Waals surface area (Å²) >= 11 is 0. The molecule has 0 radical (unpaired) electrons. The van der Waals surface area contributed by atoms with Crippen molar-refractivity contribution >= 4 is 17.6 Å². The first-order valence-electron chi connectivity index (χ1n) is 7.42. The third kappa shape index (κ3) is 4.21. The van der Waals surface area contributed by atoms with E-state index >= 15 is 0 Å². The minimum absolute atomic E-state index is 0.184. The second-order valence-corrected chi connectivity index (χ2v) is 6.27. The van der Waals surface area contributed by atoms with Crippen LogP contribution in [0.4, 0.5) is 5.82 Å². The fourth-order valence-corrected chi connectivity index (χ4v) is 2.10. The molecule has 0 saturated carbocycles. The summed E-state index contributed by atoms with van der Waals surface area (Å²) in [6.45, 7) is 7.86. The van der Waals surface area contributed by atoms with E-state index in [1.807, 2.05) is 39.8 Å². The van der Waals surface area contributed by atoms with Crippen LogP contribution in [-0.4, -0.2) is 17.0 Å². The molecule has 2 aromatic heterocycles. The Bertz CT molecular complexity index is 668. The van der Waals surface area contributed by atoms with Gasteiger partial charge in [0.15, 0.2) is 5.82 Å². The highest BCUT2D eigenvalue weighted by atomic mass is 16.5. The SMILES string of the molecule is CCc1ccc([C@@H](NC(=O)C(=O)Nc2ccon2)C(C)(C)C)o1. The van der Waals surface area contributed by atoms with E-state index in [-0.39, 0.29) is 11.2 Å². The molecular formula is C16H21N3O4. The van der Waals surface area contributed by atoms with Crippen molar-refractivity contribution in [1.82, 2.24) is 10.5 Å². The molecule has 2 aromatic rings. The predicted molar refractivity (Wildman–Crippen MR) is 83.6 cm³/mol. The van der Waals surface area contributed by atoms with Crippen LogP contribution in [0.3, 0.4) is 0 Å². The number of furan rings is 1. The Morgan fingerprint density at radius 2 is 1.96 bits per heavy atom. The van der Waals surface area contributed by atoms with Gasteiger partial charge >= 0.3 is 11.8 Å². The summed E-state index contributed by atoms with van der Waals surface area (Å²) in [5, 5.41) is 8.61. The first-order valence-corrected chi connectivity index (χ1v) is 7.42. The van der Waals surface area contributed by atoms with Gasteiger partial charge in [-0.1, -0.05) is 32.9 Å². The Morgan fingerprint density at radius 1 is 1.22 bits per heavy atom. The fourth-order valence-electron chi connectivity index (χ4n) is 2.10. The summed E-state index contributed by atoms with van der Waals surface area (Å²) in [7, 11) is 0. The van der Waals surface area contributed by atoms with Crippen LogP contribution in [0.2, 0.25) is 0 Å². The Balaban J connectivity index is 2.11. The van der Waals surface area contributed by atoms with Crippen molar-refractivity contribution in [3.8, 4) is 0 Å². The van der Waals surface area contributed by atoms with Crippen LogP contribution in [0.25, 0.3) is 0 Å². The lowest BCUT2D eigenvalue weighted by molar-refractivity contribution is -0.137. The molecule has 0 fully saturated rings. The molecule has 0 bridgehead atoms. The second kappa shape index (κ2) is 6.68. The van der Waals surface area contributed by atoms with Crippen LogP contribution in [0.1, 0.15) is 45.3 Å². The molecule has 0 unspecified atom stereocenters. The number of carbonyl (C=O) groups excluding carboxylic acids is 2. The highest BCUT2D eigenvalue weighted by Gasteiger charge is 2.32. The van der Waals surface area contributed by atoms with Gasteiger partial charge in [-0.05, 0) is 17.5 Å². The number of rotatable bonds is 4. The summed E-state index contributed by atoms with van der Waals surface area (Å²) in [5.41, 5.74) is -0.327. The van der Waals surface area contributed by atoms with Gasteiger partial charge in [0.1, 0.15) is 17.8 Å². The van der Waals surface area contributed by atoms with Gasteiger partial charge in [-0.25, -0.2) is 0 Å². The van der Waals surface area contributed by atoms with Gasteiger partial charge in [-0.3, -0.25) is 14.9 Å². The van der Waals surface area contributed by atoms with Crippen LogP contribution in [0.15, 0.2) is 33.4 Å². The van der Waals surface area contributed by atoms with E-state index in [0.717, 1.165) is 12.2 Å². The number of amides is 2. The number of carbonyl (C=O) groups is 2. The molecule has 0 aromatic carbocycles. The highest BCUT2D eigenvalue weighted by molar-refractivity contribution is 6.39.